The van der Waals surface area contributed by atoms with E-state index in [1.807, 2.05) is 42.2 Å². The third-order valence-corrected chi connectivity index (χ3v) is 4.85. The van der Waals surface area contributed by atoms with Crippen LogP contribution in [0.1, 0.15) is 19.4 Å². The molecule has 0 fully saturated rings. The number of amides is 1. The van der Waals surface area contributed by atoms with Crippen LogP contribution < -0.4 is 4.90 Å². The highest BCUT2D eigenvalue weighted by atomic mass is 32.2. The van der Waals surface area contributed by atoms with Gasteiger partial charge in [-0.05, 0) is 44.0 Å². The smallest absolute Gasteiger partial charge is 0.240 e. The van der Waals surface area contributed by atoms with Crippen molar-refractivity contribution in [3.8, 4) is 0 Å². The molecule has 3 rings (SSSR count). The lowest BCUT2D eigenvalue weighted by molar-refractivity contribution is -0.118. The number of para-hydroxylation sites is 1. The van der Waals surface area contributed by atoms with Gasteiger partial charge in [-0.15, -0.1) is 11.8 Å². The number of carbonyl (C=O) groups is 1. The van der Waals surface area contributed by atoms with Crippen molar-refractivity contribution in [2.24, 2.45) is 0 Å². The fourth-order valence-electron chi connectivity index (χ4n) is 2.77. The summed E-state index contributed by atoms with van der Waals surface area (Å²) in [4.78, 5) is 19.8. The van der Waals surface area contributed by atoms with Crippen LogP contribution in [0.15, 0.2) is 53.7 Å². The Morgan fingerprint density at radius 3 is 2.76 bits per heavy atom. The van der Waals surface area contributed by atoms with E-state index in [2.05, 4.69) is 18.0 Å². The molecule has 0 radical (unpaired) electrons. The molecule has 1 amide bonds. The average molecular weight is 298 g/mol. The van der Waals surface area contributed by atoms with Gasteiger partial charge < -0.3 is 4.90 Å². The maximum absolute atomic E-state index is 12.8. The molecule has 108 valence electrons. The molecule has 0 aliphatic carbocycles. The zero-order chi connectivity index (χ0) is 14.8. The van der Waals surface area contributed by atoms with Crippen molar-refractivity contribution in [3.05, 3.63) is 54.4 Å². The molecule has 1 aliphatic heterocycles. The largest absolute Gasteiger partial charge is 0.308 e. The monoisotopic (exact) mass is 298 g/mol. The van der Waals surface area contributed by atoms with Crippen molar-refractivity contribution < 1.29 is 4.79 Å². The minimum Gasteiger partial charge on any atom is -0.308 e. The van der Waals surface area contributed by atoms with Crippen LogP contribution in [-0.2, 0) is 11.2 Å². The maximum atomic E-state index is 12.8. The molecule has 4 heteroatoms. The Balaban J connectivity index is 1.79. The van der Waals surface area contributed by atoms with Crippen molar-refractivity contribution in [2.45, 2.75) is 36.5 Å². The van der Waals surface area contributed by atoms with E-state index in [4.69, 9.17) is 0 Å². The first-order valence-electron chi connectivity index (χ1n) is 7.14. The Morgan fingerprint density at radius 2 is 2.00 bits per heavy atom. The molecule has 2 heterocycles. The summed E-state index contributed by atoms with van der Waals surface area (Å²) in [6, 6.07) is 12.3. The van der Waals surface area contributed by atoms with Gasteiger partial charge in [-0.25, -0.2) is 0 Å². The van der Waals surface area contributed by atoms with Gasteiger partial charge in [-0.3, -0.25) is 9.78 Å². The third-order valence-electron chi connectivity index (χ3n) is 3.76. The molecule has 2 atom stereocenters. The summed E-state index contributed by atoms with van der Waals surface area (Å²) >= 11 is 1.58. The highest BCUT2D eigenvalue weighted by molar-refractivity contribution is 8.00. The molecule has 2 unspecified atom stereocenters. The molecule has 0 bridgehead atoms. The number of nitrogens with zero attached hydrogens (tertiary/aromatic N) is 2. The van der Waals surface area contributed by atoms with Crippen molar-refractivity contribution in [1.29, 1.82) is 0 Å². The van der Waals surface area contributed by atoms with E-state index in [0.717, 1.165) is 17.0 Å². The number of aromatic nitrogens is 1. The standard InChI is InChI=1S/C17H18N2OS/c1-12-11-14-5-3-4-6-16(14)19(12)17(20)13(2)21-15-7-9-18-10-8-15/h3-10,12-13H,11H2,1-2H3. The van der Waals surface area contributed by atoms with Crippen LogP contribution in [-0.4, -0.2) is 22.2 Å². The van der Waals surface area contributed by atoms with E-state index in [1.54, 1.807) is 24.2 Å². The van der Waals surface area contributed by atoms with Crippen molar-refractivity contribution in [3.63, 3.8) is 0 Å². The second-order valence-electron chi connectivity index (χ2n) is 5.33. The normalized spacial score (nSPS) is 18.4. The SMILES string of the molecule is CC(Sc1ccncc1)C(=O)N1c2ccccc2CC1C. The molecular weight excluding hydrogens is 280 g/mol. The number of thioether (sulfide) groups is 1. The molecule has 1 aromatic carbocycles. The van der Waals surface area contributed by atoms with Crippen molar-refractivity contribution >= 4 is 23.4 Å². The van der Waals surface area contributed by atoms with Gasteiger partial charge in [0.25, 0.3) is 0 Å². The van der Waals surface area contributed by atoms with Gasteiger partial charge in [0.15, 0.2) is 0 Å². The molecule has 0 saturated heterocycles. The Kier molecular flexibility index (Phi) is 3.97. The molecule has 0 spiro atoms. The summed E-state index contributed by atoms with van der Waals surface area (Å²) in [6.45, 7) is 4.09. The molecule has 1 aromatic heterocycles. The van der Waals surface area contributed by atoms with Crippen LogP contribution in [0.5, 0.6) is 0 Å². The third kappa shape index (κ3) is 2.81. The average Bonchev–Trinajstić information content (AvgIpc) is 2.83. The van der Waals surface area contributed by atoms with Gasteiger partial charge in [-0.1, -0.05) is 18.2 Å². The summed E-state index contributed by atoms with van der Waals surface area (Å²) in [5.41, 5.74) is 2.33. The zero-order valence-corrected chi connectivity index (χ0v) is 13.0. The van der Waals surface area contributed by atoms with E-state index in [1.165, 1.54) is 5.56 Å². The maximum Gasteiger partial charge on any atom is 0.240 e. The Bertz CT molecular complexity index is 644. The number of carbonyl (C=O) groups excluding carboxylic acids is 1. The van der Waals surface area contributed by atoms with Gasteiger partial charge in [0.2, 0.25) is 5.91 Å². The minimum atomic E-state index is -0.110. The number of rotatable bonds is 3. The molecule has 21 heavy (non-hydrogen) atoms. The second-order valence-corrected chi connectivity index (χ2v) is 6.75. The summed E-state index contributed by atoms with van der Waals surface area (Å²) < 4.78 is 0. The van der Waals surface area contributed by atoms with Crippen LogP contribution in [0.25, 0.3) is 0 Å². The predicted octanol–water partition coefficient (Wildman–Crippen LogP) is 3.54. The summed E-state index contributed by atoms with van der Waals surface area (Å²) in [7, 11) is 0. The Morgan fingerprint density at radius 1 is 1.29 bits per heavy atom. The lowest BCUT2D eigenvalue weighted by Crippen LogP contribution is -2.40. The molecular formula is C17H18N2OS. The van der Waals surface area contributed by atoms with Crippen molar-refractivity contribution in [1.82, 2.24) is 4.98 Å². The number of hydrogen-bond acceptors (Lipinski definition) is 3. The van der Waals surface area contributed by atoms with E-state index in [9.17, 15) is 4.79 Å². The molecule has 2 aromatic rings. The van der Waals surface area contributed by atoms with E-state index >= 15 is 0 Å². The zero-order valence-electron chi connectivity index (χ0n) is 12.2. The topological polar surface area (TPSA) is 33.2 Å². The molecule has 0 saturated carbocycles. The summed E-state index contributed by atoms with van der Waals surface area (Å²) in [6.07, 6.45) is 4.45. The predicted molar refractivity (Wildman–Crippen MR) is 86.7 cm³/mol. The van der Waals surface area contributed by atoms with Crippen LogP contribution >= 0.6 is 11.8 Å². The molecule has 3 nitrogen and oxygen atoms in total. The van der Waals surface area contributed by atoms with E-state index in [-0.39, 0.29) is 17.2 Å². The Labute approximate surface area is 129 Å². The first-order valence-corrected chi connectivity index (χ1v) is 8.02. The van der Waals surface area contributed by atoms with Crippen LogP contribution in [0.3, 0.4) is 0 Å². The van der Waals surface area contributed by atoms with Crippen LogP contribution in [0, 0.1) is 0 Å². The van der Waals surface area contributed by atoms with Crippen LogP contribution in [0.4, 0.5) is 5.69 Å². The van der Waals surface area contributed by atoms with Crippen LogP contribution in [0.2, 0.25) is 0 Å². The minimum absolute atomic E-state index is 0.110. The van der Waals surface area contributed by atoms with Gasteiger partial charge in [0, 0.05) is 29.0 Å². The van der Waals surface area contributed by atoms with Crippen molar-refractivity contribution in [2.75, 3.05) is 4.90 Å². The van der Waals surface area contributed by atoms with Gasteiger partial charge in [-0.2, -0.15) is 0 Å². The quantitative estimate of drug-likeness (QED) is 0.813. The van der Waals surface area contributed by atoms with Gasteiger partial charge in [0.05, 0.1) is 5.25 Å². The van der Waals surface area contributed by atoms with E-state index < -0.39 is 0 Å². The fraction of sp³-hybridized carbons (Fsp3) is 0.294. The number of fused-ring (bicyclic) bond motifs is 1. The number of anilines is 1. The fourth-order valence-corrected chi connectivity index (χ4v) is 3.67. The summed E-state index contributed by atoms with van der Waals surface area (Å²) in [5.74, 6) is 0.175. The second kappa shape index (κ2) is 5.90. The highest BCUT2D eigenvalue weighted by Gasteiger charge is 2.33. The first-order chi connectivity index (χ1) is 10.2. The number of hydrogen-bond donors (Lipinski definition) is 0. The molecule has 0 N–H and O–H groups in total. The first kappa shape index (κ1) is 14.1. The number of benzene rings is 1. The van der Waals surface area contributed by atoms with E-state index in [0.29, 0.717) is 0 Å². The van der Waals surface area contributed by atoms with Gasteiger partial charge in [0.1, 0.15) is 0 Å². The highest BCUT2D eigenvalue weighted by Crippen LogP contribution is 2.34. The number of pyridine rings is 1. The Hall–Kier alpha value is -1.81. The van der Waals surface area contributed by atoms with Gasteiger partial charge >= 0.3 is 0 Å². The lowest BCUT2D eigenvalue weighted by Gasteiger charge is -2.25. The summed E-state index contributed by atoms with van der Waals surface area (Å²) in [5, 5.41) is -0.110. The molecule has 1 aliphatic rings. The lowest BCUT2D eigenvalue weighted by atomic mass is 10.1.